The Labute approximate surface area is 206 Å². The smallest absolute Gasteiger partial charge is 0.276 e. The molecule has 3 aliphatic carbocycles. The van der Waals surface area contributed by atoms with Crippen molar-refractivity contribution in [2.75, 3.05) is 5.32 Å². The van der Waals surface area contributed by atoms with Crippen LogP contribution in [0.4, 0.5) is 10.2 Å². The predicted octanol–water partition coefficient (Wildman–Crippen LogP) is 3.66. The molecule has 3 aliphatic rings. The van der Waals surface area contributed by atoms with E-state index in [4.69, 9.17) is 4.63 Å². The number of anilines is 1. The third-order valence-electron chi connectivity index (χ3n) is 7.48. The van der Waals surface area contributed by atoms with E-state index in [1.54, 1.807) is 19.1 Å². The number of aromatic nitrogens is 5. The van der Waals surface area contributed by atoms with Gasteiger partial charge in [0, 0.05) is 22.7 Å². The molecule has 10 nitrogen and oxygen atoms in total. The number of hydrogen-bond donors (Lipinski definition) is 3. The SMILES string of the molecule is Cc1n[nH]c(C)c1-c1ccc(NC(=O)[C@@H](NC(=O)c2nonc2C2CC2)C(C2CC2)C2CC2)nc1F. The fourth-order valence-electron chi connectivity index (χ4n) is 5.26. The van der Waals surface area contributed by atoms with Gasteiger partial charge in [0.25, 0.3) is 5.91 Å². The highest BCUT2D eigenvalue weighted by Crippen LogP contribution is 2.51. The van der Waals surface area contributed by atoms with Gasteiger partial charge in [0.15, 0.2) is 5.69 Å². The zero-order chi connectivity index (χ0) is 25.0. The van der Waals surface area contributed by atoms with Gasteiger partial charge in [-0.1, -0.05) is 5.16 Å². The van der Waals surface area contributed by atoms with Crippen LogP contribution in [0.5, 0.6) is 0 Å². The molecule has 11 heteroatoms. The van der Waals surface area contributed by atoms with E-state index in [0.717, 1.165) is 44.2 Å². The number of aromatic amines is 1. The van der Waals surface area contributed by atoms with E-state index in [1.807, 2.05) is 6.92 Å². The van der Waals surface area contributed by atoms with Gasteiger partial charge in [0.1, 0.15) is 17.6 Å². The molecule has 3 aromatic heterocycles. The molecule has 3 saturated carbocycles. The Kier molecular flexibility index (Phi) is 5.57. The molecular formula is C25H28FN7O3. The van der Waals surface area contributed by atoms with Crippen LogP contribution >= 0.6 is 0 Å². The first-order valence-electron chi connectivity index (χ1n) is 12.5. The van der Waals surface area contributed by atoms with E-state index in [0.29, 0.717) is 34.4 Å². The maximum atomic E-state index is 15.0. The van der Waals surface area contributed by atoms with Crippen LogP contribution in [0.3, 0.4) is 0 Å². The lowest BCUT2D eigenvalue weighted by atomic mass is 9.88. The second-order valence-electron chi connectivity index (χ2n) is 10.3. The van der Waals surface area contributed by atoms with Crippen molar-refractivity contribution in [2.24, 2.45) is 17.8 Å². The van der Waals surface area contributed by atoms with Gasteiger partial charge >= 0.3 is 0 Å². The van der Waals surface area contributed by atoms with Crippen LogP contribution in [0.1, 0.15) is 72.0 Å². The second kappa shape index (κ2) is 8.79. The van der Waals surface area contributed by atoms with Crippen LogP contribution < -0.4 is 10.6 Å². The Morgan fingerprint density at radius 2 is 1.81 bits per heavy atom. The molecule has 0 saturated heterocycles. The van der Waals surface area contributed by atoms with E-state index in [1.165, 1.54) is 0 Å². The molecule has 0 unspecified atom stereocenters. The molecule has 0 aliphatic heterocycles. The summed E-state index contributed by atoms with van der Waals surface area (Å²) in [5.41, 5.74) is 3.04. The highest BCUT2D eigenvalue weighted by atomic mass is 19.1. The Morgan fingerprint density at radius 1 is 1.08 bits per heavy atom. The number of carbonyl (C=O) groups excluding carboxylic acids is 2. The minimum atomic E-state index is -0.788. The number of hydrogen-bond acceptors (Lipinski definition) is 7. The molecule has 2 amide bonds. The van der Waals surface area contributed by atoms with Gasteiger partial charge in [-0.05, 0) is 87.4 Å². The number of H-pyrrole nitrogens is 1. The van der Waals surface area contributed by atoms with E-state index in [9.17, 15) is 14.0 Å². The molecule has 0 radical (unpaired) electrons. The number of amides is 2. The van der Waals surface area contributed by atoms with Crippen LogP contribution in [-0.2, 0) is 4.79 Å². The number of pyridine rings is 1. The average molecular weight is 494 g/mol. The Bertz CT molecular complexity index is 1290. The summed E-state index contributed by atoms with van der Waals surface area (Å²) in [6.45, 7) is 3.60. The Balaban J connectivity index is 1.24. The van der Waals surface area contributed by atoms with Gasteiger partial charge in [0.05, 0.1) is 5.69 Å². The molecule has 0 bridgehead atoms. The van der Waals surface area contributed by atoms with Crippen molar-refractivity contribution in [1.29, 1.82) is 0 Å². The molecule has 3 aromatic rings. The van der Waals surface area contributed by atoms with Crippen molar-refractivity contribution in [2.45, 2.75) is 64.3 Å². The monoisotopic (exact) mass is 493 g/mol. The highest BCUT2D eigenvalue weighted by Gasteiger charge is 2.49. The number of carbonyl (C=O) groups is 2. The minimum Gasteiger partial charge on any atom is -0.338 e. The lowest BCUT2D eigenvalue weighted by Crippen LogP contribution is -2.50. The summed E-state index contributed by atoms with van der Waals surface area (Å²) in [4.78, 5) is 30.7. The second-order valence-corrected chi connectivity index (χ2v) is 10.3. The van der Waals surface area contributed by atoms with Crippen LogP contribution in [0.25, 0.3) is 11.1 Å². The summed E-state index contributed by atoms with van der Waals surface area (Å²) < 4.78 is 19.8. The van der Waals surface area contributed by atoms with Gasteiger partial charge < -0.3 is 10.6 Å². The molecule has 0 aromatic carbocycles. The number of nitrogens with zero attached hydrogens (tertiary/aromatic N) is 4. The Hall–Kier alpha value is -3.63. The van der Waals surface area contributed by atoms with Crippen LogP contribution in [0, 0.1) is 37.5 Å². The number of rotatable bonds is 9. The van der Waals surface area contributed by atoms with Crippen LogP contribution in [-0.4, -0.2) is 43.4 Å². The van der Waals surface area contributed by atoms with Gasteiger partial charge in [-0.3, -0.25) is 14.7 Å². The maximum Gasteiger partial charge on any atom is 0.276 e. The summed E-state index contributed by atoms with van der Waals surface area (Å²) >= 11 is 0. The number of halogens is 1. The van der Waals surface area contributed by atoms with E-state index >= 15 is 0 Å². The minimum absolute atomic E-state index is 0.0125. The molecule has 36 heavy (non-hydrogen) atoms. The van der Waals surface area contributed by atoms with Gasteiger partial charge in [-0.15, -0.1) is 0 Å². The third kappa shape index (κ3) is 4.38. The third-order valence-corrected chi connectivity index (χ3v) is 7.48. The summed E-state index contributed by atoms with van der Waals surface area (Å²) in [6.07, 6.45) is 6.01. The van der Waals surface area contributed by atoms with Crippen molar-refractivity contribution in [3.05, 3.63) is 40.9 Å². The predicted molar refractivity (Wildman–Crippen MR) is 126 cm³/mol. The lowest BCUT2D eigenvalue weighted by molar-refractivity contribution is -0.119. The first-order valence-corrected chi connectivity index (χ1v) is 12.5. The maximum absolute atomic E-state index is 15.0. The summed E-state index contributed by atoms with van der Waals surface area (Å²) in [6, 6.07) is 2.36. The summed E-state index contributed by atoms with van der Waals surface area (Å²) in [5.74, 6) is -0.538. The van der Waals surface area contributed by atoms with Crippen molar-refractivity contribution in [3.8, 4) is 11.1 Å². The highest BCUT2D eigenvalue weighted by molar-refractivity contribution is 6.00. The molecule has 0 spiro atoms. The first kappa shape index (κ1) is 22.8. The van der Waals surface area contributed by atoms with Gasteiger partial charge in [-0.2, -0.15) is 9.49 Å². The molecular weight excluding hydrogens is 465 g/mol. The molecule has 3 heterocycles. The molecule has 188 valence electrons. The number of aryl methyl sites for hydroxylation is 2. The standard InChI is InChI=1S/C25H28FN7O3/c1-11-18(12(2)31-30-11)16-9-10-17(27-23(16)26)28-24(34)21(19(13-3-4-13)14-5-6-14)29-25(35)22-20(15-7-8-15)32-36-33-22/h9-10,13-15,19,21H,3-8H2,1-2H3,(H,29,35)(H,30,31)(H,27,28,34)/t21-/m0/s1. The van der Waals surface area contributed by atoms with Crippen molar-refractivity contribution >= 4 is 17.6 Å². The molecule has 3 N–H and O–H groups in total. The molecule has 6 rings (SSSR count). The number of nitrogens with one attached hydrogen (secondary N) is 3. The summed E-state index contributed by atoms with van der Waals surface area (Å²) in [5, 5.41) is 20.3. The van der Waals surface area contributed by atoms with Gasteiger partial charge in [-0.25, -0.2) is 9.61 Å². The van der Waals surface area contributed by atoms with Gasteiger partial charge in [0.2, 0.25) is 11.9 Å². The fourth-order valence-corrected chi connectivity index (χ4v) is 5.26. The normalized spacial score (nSPS) is 18.3. The van der Waals surface area contributed by atoms with E-state index < -0.39 is 23.8 Å². The topological polar surface area (TPSA) is 139 Å². The Morgan fingerprint density at radius 3 is 2.39 bits per heavy atom. The van der Waals surface area contributed by atoms with E-state index in [2.05, 4.69) is 36.1 Å². The largest absolute Gasteiger partial charge is 0.338 e. The first-order chi connectivity index (χ1) is 17.4. The van der Waals surface area contributed by atoms with Crippen LogP contribution in [0.2, 0.25) is 0 Å². The quantitative estimate of drug-likeness (QED) is 0.387. The zero-order valence-electron chi connectivity index (χ0n) is 20.2. The van der Waals surface area contributed by atoms with Crippen LogP contribution in [0.15, 0.2) is 16.8 Å². The summed E-state index contributed by atoms with van der Waals surface area (Å²) in [7, 11) is 0. The van der Waals surface area contributed by atoms with Crippen molar-refractivity contribution < 1.29 is 18.6 Å². The average Bonchev–Trinajstić information content (AvgIpc) is 3.74. The lowest BCUT2D eigenvalue weighted by Gasteiger charge is -2.27. The zero-order valence-corrected chi connectivity index (χ0v) is 20.2. The fraction of sp³-hybridized carbons (Fsp3) is 0.520. The van der Waals surface area contributed by atoms with E-state index in [-0.39, 0.29) is 23.3 Å². The molecule has 1 atom stereocenters. The molecule has 3 fully saturated rings. The van der Waals surface area contributed by atoms with Crippen molar-refractivity contribution in [1.82, 2.24) is 30.8 Å². The van der Waals surface area contributed by atoms with Crippen molar-refractivity contribution in [3.63, 3.8) is 0 Å².